The van der Waals surface area contributed by atoms with Crippen LogP contribution in [0, 0.1) is 11.3 Å². The van der Waals surface area contributed by atoms with Crippen molar-refractivity contribution in [3.8, 4) is 17.2 Å². The number of nitriles is 1. The molecule has 0 spiro atoms. The number of hydrogen-bond acceptors (Lipinski definition) is 7. The first-order valence-corrected chi connectivity index (χ1v) is 11.2. The molecule has 0 saturated heterocycles. The van der Waals surface area contributed by atoms with Gasteiger partial charge in [-0.25, -0.2) is 9.89 Å². The number of nitrogens with zero attached hydrogens (tertiary/aromatic N) is 5. The Balaban J connectivity index is 1.75. The van der Waals surface area contributed by atoms with Crippen molar-refractivity contribution in [1.82, 2.24) is 30.3 Å². The maximum atomic E-state index is 12.4. The average Bonchev–Trinajstić information content (AvgIpc) is 3.21. The van der Waals surface area contributed by atoms with E-state index in [9.17, 15) is 14.9 Å². The summed E-state index contributed by atoms with van der Waals surface area (Å²) in [4.78, 5) is 28.7. The molecule has 0 aliphatic heterocycles. The predicted molar refractivity (Wildman–Crippen MR) is 135 cm³/mol. The number of alkyl carbamates (subject to hydrolysis) is 1. The number of pyridine rings is 1. The lowest BCUT2D eigenvalue weighted by atomic mass is 9.99. The molecule has 3 aromatic heterocycles. The zero-order chi connectivity index (χ0) is 25.9. The zero-order valence-electron chi connectivity index (χ0n) is 20.4. The highest BCUT2D eigenvalue weighted by atomic mass is 16.6. The molecule has 4 rings (SSSR count). The molecule has 0 fully saturated rings. The molecule has 0 bridgehead atoms. The molecule has 2 N–H and O–H groups in total. The van der Waals surface area contributed by atoms with Gasteiger partial charge in [0.05, 0.1) is 41.2 Å². The highest BCUT2D eigenvalue weighted by Crippen LogP contribution is 2.29. The maximum Gasteiger partial charge on any atom is 0.407 e. The van der Waals surface area contributed by atoms with Gasteiger partial charge in [0.15, 0.2) is 0 Å². The van der Waals surface area contributed by atoms with Crippen LogP contribution >= 0.6 is 0 Å². The van der Waals surface area contributed by atoms with Crippen LogP contribution in [0.4, 0.5) is 4.79 Å². The van der Waals surface area contributed by atoms with Crippen LogP contribution < -0.4 is 10.9 Å². The van der Waals surface area contributed by atoms with Gasteiger partial charge in [0.1, 0.15) is 5.60 Å². The van der Waals surface area contributed by atoms with Gasteiger partial charge >= 0.3 is 6.09 Å². The summed E-state index contributed by atoms with van der Waals surface area (Å²) in [7, 11) is 1.79. The Bertz CT molecular complexity index is 1550. The fraction of sp³-hybridized carbons (Fsp3) is 0.231. The van der Waals surface area contributed by atoms with E-state index in [1.54, 1.807) is 69.3 Å². The van der Waals surface area contributed by atoms with Gasteiger partial charge in [-0.3, -0.25) is 14.5 Å². The van der Waals surface area contributed by atoms with Crippen LogP contribution in [0.25, 0.3) is 33.5 Å². The smallest absolute Gasteiger partial charge is 0.407 e. The van der Waals surface area contributed by atoms with Crippen molar-refractivity contribution in [1.29, 1.82) is 5.26 Å². The normalized spacial score (nSPS) is 11.8. The van der Waals surface area contributed by atoms with Crippen molar-refractivity contribution in [3.05, 3.63) is 76.2 Å². The molecule has 0 saturated carbocycles. The van der Waals surface area contributed by atoms with Crippen LogP contribution in [0.5, 0.6) is 0 Å². The van der Waals surface area contributed by atoms with Gasteiger partial charge in [-0.2, -0.15) is 15.5 Å². The van der Waals surface area contributed by atoms with Gasteiger partial charge < -0.3 is 10.1 Å². The van der Waals surface area contributed by atoms with E-state index in [4.69, 9.17) is 4.74 Å². The second kappa shape index (κ2) is 9.84. The molecule has 10 nitrogen and oxygen atoms in total. The number of fused-ring (bicyclic) bond motifs is 1. The minimum Gasteiger partial charge on any atom is -0.444 e. The Morgan fingerprint density at radius 1 is 1.25 bits per heavy atom. The second-order valence-corrected chi connectivity index (χ2v) is 9.09. The summed E-state index contributed by atoms with van der Waals surface area (Å²) in [6, 6.07) is 11.2. The van der Waals surface area contributed by atoms with Crippen LogP contribution in [0.2, 0.25) is 0 Å². The number of aromatic nitrogens is 5. The number of nitrogens with one attached hydrogen (secondary N) is 2. The molecular weight excluding hydrogens is 458 g/mol. The van der Waals surface area contributed by atoms with Gasteiger partial charge in [-0.1, -0.05) is 12.1 Å². The third kappa shape index (κ3) is 5.31. The quantitative estimate of drug-likeness (QED) is 0.412. The average molecular weight is 484 g/mol. The van der Waals surface area contributed by atoms with Crippen LogP contribution in [0.1, 0.15) is 37.7 Å². The standard InChI is InChI=1S/C26H25N7O3/c1-26(2,3)36-25(35)29-15-22-20-10-16(7-8-19(20)24(34)32-31-22)21-14-30-33(4)23(21)11-18(12-27)17-6-5-9-28-13-17/h5-11,13-14H,15H2,1-4H3,(H,29,35)(H,32,34)/b18-11+. The molecule has 0 unspecified atom stereocenters. The molecular formula is C26H25N7O3. The fourth-order valence-corrected chi connectivity index (χ4v) is 3.67. The first-order chi connectivity index (χ1) is 17.2. The van der Waals surface area contributed by atoms with Crippen molar-refractivity contribution < 1.29 is 9.53 Å². The monoisotopic (exact) mass is 483 g/mol. The van der Waals surface area contributed by atoms with Gasteiger partial charge in [0.2, 0.25) is 0 Å². The minimum atomic E-state index is -0.639. The van der Waals surface area contributed by atoms with E-state index in [-0.39, 0.29) is 12.1 Å². The van der Waals surface area contributed by atoms with Gasteiger partial charge in [0.25, 0.3) is 5.56 Å². The van der Waals surface area contributed by atoms with E-state index in [0.29, 0.717) is 33.3 Å². The summed E-state index contributed by atoms with van der Waals surface area (Å²) in [5.41, 5.74) is 2.88. The van der Waals surface area contributed by atoms with E-state index < -0.39 is 11.7 Å². The van der Waals surface area contributed by atoms with E-state index in [1.165, 1.54) is 0 Å². The number of benzene rings is 1. The SMILES string of the molecule is Cn1ncc(-c2ccc3c(=O)[nH]nc(CNC(=O)OC(C)(C)C)c3c2)c1/C=C(\C#N)c1cccnc1. The van der Waals surface area contributed by atoms with Crippen molar-refractivity contribution in [2.45, 2.75) is 32.9 Å². The van der Waals surface area contributed by atoms with Crippen molar-refractivity contribution in [2.75, 3.05) is 0 Å². The zero-order valence-corrected chi connectivity index (χ0v) is 20.4. The summed E-state index contributed by atoms with van der Waals surface area (Å²) in [6.45, 7) is 5.39. The fourth-order valence-electron chi connectivity index (χ4n) is 3.67. The van der Waals surface area contributed by atoms with Crippen LogP contribution in [-0.2, 0) is 18.3 Å². The van der Waals surface area contributed by atoms with Gasteiger partial charge in [-0.05, 0) is 50.6 Å². The molecule has 0 radical (unpaired) electrons. The Kier molecular flexibility index (Phi) is 6.65. The van der Waals surface area contributed by atoms with Gasteiger partial charge in [-0.15, -0.1) is 0 Å². The van der Waals surface area contributed by atoms with Crippen LogP contribution in [-0.4, -0.2) is 36.7 Å². The number of allylic oxidation sites excluding steroid dienone is 1. The molecule has 3 heterocycles. The number of rotatable bonds is 5. The Hall–Kier alpha value is -4.78. The number of aryl methyl sites for hydroxylation is 1. The molecule has 0 aliphatic rings. The largest absolute Gasteiger partial charge is 0.444 e. The number of hydrogen-bond donors (Lipinski definition) is 2. The molecule has 182 valence electrons. The number of carbonyl (C=O) groups is 1. The highest BCUT2D eigenvalue weighted by Gasteiger charge is 2.18. The number of aromatic amines is 1. The Morgan fingerprint density at radius 3 is 2.75 bits per heavy atom. The lowest BCUT2D eigenvalue weighted by Gasteiger charge is -2.19. The van der Waals surface area contributed by atoms with Crippen molar-refractivity contribution >= 4 is 28.5 Å². The minimum absolute atomic E-state index is 0.0605. The summed E-state index contributed by atoms with van der Waals surface area (Å²) in [6.07, 6.45) is 6.14. The first-order valence-electron chi connectivity index (χ1n) is 11.2. The Labute approximate surface area is 207 Å². The molecule has 10 heteroatoms. The lowest BCUT2D eigenvalue weighted by molar-refractivity contribution is 0.0523. The third-order valence-corrected chi connectivity index (χ3v) is 5.34. The molecule has 4 aromatic rings. The van der Waals surface area contributed by atoms with Gasteiger partial charge in [0, 0.05) is 36.0 Å². The number of H-pyrrole nitrogens is 1. The summed E-state index contributed by atoms with van der Waals surface area (Å²) in [5.74, 6) is 0. The summed E-state index contributed by atoms with van der Waals surface area (Å²) >= 11 is 0. The van der Waals surface area contributed by atoms with E-state index in [1.807, 2.05) is 18.2 Å². The Morgan fingerprint density at radius 2 is 2.06 bits per heavy atom. The number of ether oxygens (including phenoxy) is 1. The summed E-state index contributed by atoms with van der Waals surface area (Å²) in [5, 5.41) is 24.4. The third-order valence-electron chi connectivity index (χ3n) is 5.34. The predicted octanol–water partition coefficient (Wildman–Crippen LogP) is 3.81. The number of carbonyl (C=O) groups excluding carboxylic acids is 1. The maximum absolute atomic E-state index is 12.4. The molecule has 0 atom stereocenters. The molecule has 36 heavy (non-hydrogen) atoms. The second-order valence-electron chi connectivity index (χ2n) is 9.09. The van der Waals surface area contributed by atoms with E-state index in [0.717, 1.165) is 11.1 Å². The highest BCUT2D eigenvalue weighted by molar-refractivity contribution is 5.94. The summed E-state index contributed by atoms with van der Waals surface area (Å²) < 4.78 is 6.97. The van der Waals surface area contributed by atoms with Crippen molar-refractivity contribution in [3.63, 3.8) is 0 Å². The molecule has 0 aliphatic carbocycles. The number of amides is 1. The first kappa shape index (κ1) is 24.3. The van der Waals surface area contributed by atoms with E-state index in [2.05, 4.69) is 31.7 Å². The topological polar surface area (TPSA) is 139 Å². The molecule has 1 aromatic carbocycles. The lowest BCUT2D eigenvalue weighted by Crippen LogP contribution is -2.32. The van der Waals surface area contributed by atoms with E-state index >= 15 is 0 Å². The van der Waals surface area contributed by atoms with Crippen molar-refractivity contribution in [2.24, 2.45) is 7.05 Å². The molecule has 1 amide bonds. The van der Waals surface area contributed by atoms with Crippen LogP contribution in [0.3, 0.4) is 0 Å². The van der Waals surface area contributed by atoms with Crippen LogP contribution in [0.15, 0.2) is 53.7 Å².